The van der Waals surface area contributed by atoms with E-state index in [2.05, 4.69) is 15.5 Å². The molecule has 2 heterocycles. The summed E-state index contributed by atoms with van der Waals surface area (Å²) < 4.78 is 0. The number of nitrogens with zero attached hydrogens (tertiary/aromatic N) is 3. The third-order valence-corrected chi connectivity index (χ3v) is 6.55. The summed E-state index contributed by atoms with van der Waals surface area (Å²) in [7, 11) is 1.71. The lowest BCUT2D eigenvalue weighted by atomic mass is 10.1. The molecule has 4 amide bonds. The van der Waals surface area contributed by atoms with Gasteiger partial charge in [0.05, 0.1) is 16.6 Å². The number of aryl methyl sites for hydroxylation is 1. The molecule has 0 aliphatic carbocycles. The van der Waals surface area contributed by atoms with Crippen molar-refractivity contribution >= 4 is 46.5 Å². The summed E-state index contributed by atoms with van der Waals surface area (Å²) >= 11 is 6.22. The van der Waals surface area contributed by atoms with E-state index in [1.54, 1.807) is 22.9 Å². The fourth-order valence-electron chi connectivity index (χ4n) is 4.18. The van der Waals surface area contributed by atoms with Crippen LogP contribution in [0.5, 0.6) is 0 Å². The number of para-hydroxylation sites is 1. The molecule has 0 saturated carbocycles. The molecule has 2 aliphatic heterocycles. The van der Waals surface area contributed by atoms with Gasteiger partial charge in [0, 0.05) is 57.6 Å². The zero-order valence-corrected chi connectivity index (χ0v) is 19.6. The fourth-order valence-corrected chi connectivity index (χ4v) is 4.45. The molecule has 2 N–H and O–H groups in total. The van der Waals surface area contributed by atoms with Gasteiger partial charge in [0.1, 0.15) is 0 Å². The molecule has 0 spiro atoms. The van der Waals surface area contributed by atoms with Crippen molar-refractivity contribution in [1.29, 1.82) is 0 Å². The molecule has 9 heteroatoms. The second-order valence-corrected chi connectivity index (χ2v) is 8.95. The maximum Gasteiger partial charge on any atom is 0.322 e. The first-order valence-electron chi connectivity index (χ1n) is 11.0. The lowest BCUT2D eigenvalue weighted by Crippen LogP contribution is -2.50. The van der Waals surface area contributed by atoms with E-state index < -0.39 is 0 Å². The molecule has 2 aromatic carbocycles. The van der Waals surface area contributed by atoms with Gasteiger partial charge in [-0.1, -0.05) is 23.7 Å². The van der Waals surface area contributed by atoms with Gasteiger partial charge >= 0.3 is 6.03 Å². The minimum absolute atomic E-state index is 0.000299. The first kappa shape index (κ1) is 22.9. The molecule has 174 valence electrons. The van der Waals surface area contributed by atoms with Gasteiger partial charge in [0.2, 0.25) is 11.8 Å². The number of nitrogens with one attached hydrogen (secondary N) is 2. The van der Waals surface area contributed by atoms with Crippen LogP contribution < -0.4 is 15.5 Å². The molecule has 2 aromatic rings. The molecular formula is C24H28ClN5O3. The minimum atomic E-state index is -0.309. The van der Waals surface area contributed by atoms with Gasteiger partial charge in [-0.15, -0.1) is 0 Å². The predicted octanol–water partition coefficient (Wildman–Crippen LogP) is 3.42. The van der Waals surface area contributed by atoms with Crippen LogP contribution in [-0.4, -0.2) is 67.4 Å². The lowest BCUT2D eigenvalue weighted by Gasteiger charge is -2.36. The third-order valence-electron chi connectivity index (χ3n) is 6.23. The third kappa shape index (κ3) is 5.22. The zero-order chi connectivity index (χ0) is 23.5. The largest absolute Gasteiger partial charge is 0.368 e. The Morgan fingerprint density at radius 3 is 2.30 bits per heavy atom. The Labute approximate surface area is 198 Å². The summed E-state index contributed by atoms with van der Waals surface area (Å²) in [5.74, 6) is -0.440. The number of halogens is 1. The molecule has 8 nitrogen and oxygen atoms in total. The van der Waals surface area contributed by atoms with E-state index in [1.165, 1.54) is 0 Å². The van der Waals surface area contributed by atoms with E-state index >= 15 is 0 Å². The zero-order valence-electron chi connectivity index (χ0n) is 18.8. The van der Waals surface area contributed by atoms with E-state index in [1.807, 2.05) is 43.3 Å². The summed E-state index contributed by atoms with van der Waals surface area (Å²) in [6, 6.07) is 13.0. The van der Waals surface area contributed by atoms with E-state index in [9.17, 15) is 14.4 Å². The van der Waals surface area contributed by atoms with Gasteiger partial charge in [0.15, 0.2) is 0 Å². The van der Waals surface area contributed by atoms with Crippen LogP contribution in [0.15, 0.2) is 42.5 Å². The van der Waals surface area contributed by atoms with Crippen LogP contribution in [-0.2, 0) is 9.59 Å². The number of amides is 4. The van der Waals surface area contributed by atoms with Gasteiger partial charge in [-0.3, -0.25) is 9.59 Å². The van der Waals surface area contributed by atoms with E-state index in [0.29, 0.717) is 49.1 Å². The molecule has 2 aliphatic rings. The number of likely N-dealkylation sites (tertiary alicyclic amines) is 1. The van der Waals surface area contributed by atoms with Crippen LogP contribution in [0.2, 0.25) is 5.02 Å². The predicted molar refractivity (Wildman–Crippen MR) is 130 cm³/mol. The summed E-state index contributed by atoms with van der Waals surface area (Å²) in [6.07, 6.45) is 0.258. The molecule has 2 fully saturated rings. The van der Waals surface area contributed by atoms with Crippen LogP contribution in [0.4, 0.5) is 21.9 Å². The summed E-state index contributed by atoms with van der Waals surface area (Å²) in [4.78, 5) is 42.3. The molecule has 0 bridgehead atoms. The van der Waals surface area contributed by atoms with Crippen molar-refractivity contribution < 1.29 is 14.4 Å². The molecule has 2 saturated heterocycles. The van der Waals surface area contributed by atoms with Crippen LogP contribution in [0.1, 0.15) is 12.0 Å². The average molecular weight is 470 g/mol. The number of anilines is 3. The monoisotopic (exact) mass is 469 g/mol. The highest BCUT2D eigenvalue weighted by Crippen LogP contribution is 2.26. The molecule has 1 atom stereocenters. The fraction of sp³-hybridized carbons (Fsp3) is 0.375. The summed E-state index contributed by atoms with van der Waals surface area (Å²) in [5.41, 5.74) is 3.32. The lowest BCUT2D eigenvalue weighted by molar-refractivity contribution is -0.127. The average Bonchev–Trinajstić information content (AvgIpc) is 3.15. The second-order valence-electron chi connectivity index (χ2n) is 8.55. The van der Waals surface area contributed by atoms with Crippen LogP contribution in [0, 0.1) is 12.8 Å². The Hall–Kier alpha value is -3.26. The van der Waals surface area contributed by atoms with Gasteiger partial charge in [0.25, 0.3) is 0 Å². The van der Waals surface area contributed by atoms with Crippen molar-refractivity contribution in [2.24, 2.45) is 5.92 Å². The van der Waals surface area contributed by atoms with Crippen LogP contribution in [0.3, 0.4) is 0 Å². The number of hydrogen-bond acceptors (Lipinski definition) is 4. The maximum absolute atomic E-state index is 12.7. The Morgan fingerprint density at radius 2 is 1.70 bits per heavy atom. The molecular weight excluding hydrogens is 442 g/mol. The van der Waals surface area contributed by atoms with Crippen LogP contribution in [0.25, 0.3) is 0 Å². The highest BCUT2D eigenvalue weighted by molar-refractivity contribution is 6.33. The van der Waals surface area contributed by atoms with E-state index in [0.717, 1.165) is 11.3 Å². The second kappa shape index (κ2) is 9.70. The number of benzene rings is 2. The van der Waals surface area contributed by atoms with Crippen molar-refractivity contribution in [2.45, 2.75) is 13.3 Å². The van der Waals surface area contributed by atoms with Crippen molar-refractivity contribution in [3.8, 4) is 0 Å². The van der Waals surface area contributed by atoms with Crippen LogP contribution >= 0.6 is 11.6 Å². The number of rotatable bonds is 4. The van der Waals surface area contributed by atoms with Crippen molar-refractivity contribution in [1.82, 2.24) is 9.80 Å². The van der Waals surface area contributed by atoms with Crippen molar-refractivity contribution in [3.05, 3.63) is 53.1 Å². The number of urea groups is 1. The van der Waals surface area contributed by atoms with Gasteiger partial charge in [-0.05, 0) is 42.8 Å². The first-order chi connectivity index (χ1) is 15.8. The van der Waals surface area contributed by atoms with Crippen molar-refractivity contribution in [2.75, 3.05) is 55.3 Å². The van der Waals surface area contributed by atoms with Gasteiger partial charge < -0.3 is 25.3 Å². The molecule has 1 unspecified atom stereocenters. The van der Waals surface area contributed by atoms with Gasteiger partial charge in [-0.25, -0.2) is 4.79 Å². The Morgan fingerprint density at radius 1 is 1.00 bits per heavy atom. The standard InChI is InChI=1S/C24H28ClN5O3/c1-16-4-3-5-20(25)22(16)27-24(33)30-12-10-29(11-13-30)19-8-6-18(7-9-19)26-23(32)17-14-21(31)28(2)15-17/h3-9,17H,10-15H2,1-2H3,(H,26,32)(H,27,33). The Balaban J connectivity index is 1.29. The number of carbonyl (C=O) groups excluding carboxylic acids is 3. The van der Waals surface area contributed by atoms with Gasteiger partial charge in [-0.2, -0.15) is 0 Å². The molecule has 4 rings (SSSR count). The maximum atomic E-state index is 12.7. The van der Waals surface area contributed by atoms with E-state index in [4.69, 9.17) is 11.6 Å². The molecule has 33 heavy (non-hydrogen) atoms. The summed E-state index contributed by atoms with van der Waals surface area (Å²) in [5, 5.41) is 6.36. The SMILES string of the molecule is Cc1cccc(Cl)c1NC(=O)N1CCN(c2ccc(NC(=O)C3CC(=O)N(C)C3)cc2)CC1. The minimum Gasteiger partial charge on any atom is -0.368 e. The highest BCUT2D eigenvalue weighted by atomic mass is 35.5. The number of carbonyl (C=O) groups is 3. The normalized spacial score (nSPS) is 18.5. The molecule has 0 radical (unpaired) electrons. The first-order valence-corrected chi connectivity index (χ1v) is 11.4. The highest BCUT2D eigenvalue weighted by Gasteiger charge is 2.32. The Kier molecular flexibility index (Phi) is 6.74. The number of hydrogen-bond donors (Lipinski definition) is 2. The number of piperazine rings is 1. The molecule has 0 aromatic heterocycles. The van der Waals surface area contributed by atoms with Crippen molar-refractivity contribution in [3.63, 3.8) is 0 Å². The summed E-state index contributed by atoms with van der Waals surface area (Å²) in [6.45, 7) is 4.97. The Bertz CT molecular complexity index is 1030. The topological polar surface area (TPSA) is 85.0 Å². The van der Waals surface area contributed by atoms with E-state index in [-0.39, 0.29) is 30.2 Å². The smallest absolute Gasteiger partial charge is 0.322 e. The quantitative estimate of drug-likeness (QED) is 0.718.